The van der Waals surface area contributed by atoms with E-state index in [4.69, 9.17) is 0 Å². The third-order valence-corrected chi connectivity index (χ3v) is 4.17. The highest BCUT2D eigenvalue weighted by Crippen LogP contribution is 2.27. The van der Waals surface area contributed by atoms with Gasteiger partial charge in [0.15, 0.2) is 5.69 Å². The minimum absolute atomic E-state index is 0.175. The van der Waals surface area contributed by atoms with Crippen LogP contribution in [0.5, 0.6) is 0 Å². The first-order chi connectivity index (χ1) is 8.14. The predicted molar refractivity (Wildman–Crippen MR) is 64.3 cm³/mol. The highest BCUT2D eigenvalue weighted by atomic mass is 32.2. The van der Waals surface area contributed by atoms with Crippen LogP contribution in [0.25, 0.3) is 0 Å². The molecule has 0 unspecified atom stereocenters. The van der Waals surface area contributed by atoms with Crippen LogP contribution in [0.3, 0.4) is 0 Å². The predicted octanol–water partition coefficient (Wildman–Crippen LogP) is 0.618. The molecule has 0 saturated carbocycles. The van der Waals surface area contributed by atoms with Crippen LogP contribution in [0.4, 0.5) is 0 Å². The van der Waals surface area contributed by atoms with Crippen molar-refractivity contribution < 1.29 is 14.7 Å². The number of aliphatic carboxylic acids is 1. The minimum atomic E-state index is -1.15. The number of hydrogen-bond acceptors (Lipinski definition) is 6. The molecule has 2 heterocycles. The molecule has 0 aromatic carbocycles. The molecular formula is C9H11N3O3S2. The van der Waals surface area contributed by atoms with E-state index in [0.717, 1.165) is 23.2 Å². The topological polar surface area (TPSA) is 92.2 Å². The van der Waals surface area contributed by atoms with Gasteiger partial charge in [-0.05, 0) is 24.3 Å². The molecule has 6 nitrogen and oxygen atoms in total. The number of thioether (sulfide) groups is 1. The van der Waals surface area contributed by atoms with Gasteiger partial charge in [0.1, 0.15) is 5.54 Å². The van der Waals surface area contributed by atoms with Gasteiger partial charge >= 0.3 is 5.97 Å². The number of carbonyl (C=O) groups is 2. The largest absolute Gasteiger partial charge is 0.480 e. The van der Waals surface area contributed by atoms with Crippen molar-refractivity contribution in [2.45, 2.75) is 18.4 Å². The van der Waals surface area contributed by atoms with Crippen molar-refractivity contribution in [2.24, 2.45) is 0 Å². The molecule has 2 N–H and O–H groups in total. The fourth-order valence-electron chi connectivity index (χ4n) is 1.66. The molecule has 2 rings (SSSR count). The standard InChI is InChI=1S/C9H11N3O3S2/c13-7(6-5-10-17-12-6)11-9(8(14)15)1-3-16-4-2-9/h5H,1-4H2,(H,11,13)(H,14,15). The molecule has 1 aromatic heterocycles. The van der Waals surface area contributed by atoms with Gasteiger partial charge < -0.3 is 10.4 Å². The molecular weight excluding hydrogens is 262 g/mol. The fourth-order valence-corrected chi connectivity index (χ4v) is 3.26. The third kappa shape index (κ3) is 2.58. The second kappa shape index (κ2) is 5.01. The van der Waals surface area contributed by atoms with Gasteiger partial charge in [0.25, 0.3) is 5.91 Å². The Hall–Kier alpha value is -1.15. The number of hydrogen-bond donors (Lipinski definition) is 2. The maximum absolute atomic E-state index is 11.8. The molecule has 1 fully saturated rings. The summed E-state index contributed by atoms with van der Waals surface area (Å²) in [5.74, 6) is 0.0338. The molecule has 1 saturated heterocycles. The molecule has 0 aliphatic carbocycles. The maximum atomic E-state index is 11.8. The Morgan fingerprint density at radius 3 is 2.65 bits per heavy atom. The molecule has 92 valence electrons. The Labute approximate surface area is 106 Å². The zero-order valence-corrected chi connectivity index (χ0v) is 10.5. The zero-order chi connectivity index (χ0) is 12.3. The van der Waals surface area contributed by atoms with Crippen molar-refractivity contribution in [1.82, 2.24) is 14.1 Å². The van der Waals surface area contributed by atoms with Gasteiger partial charge in [-0.3, -0.25) is 4.79 Å². The molecule has 0 bridgehead atoms. The summed E-state index contributed by atoms with van der Waals surface area (Å²) in [7, 11) is 0. The Kier molecular flexibility index (Phi) is 3.63. The van der Waals surface area contributed by atoms with Gasteiger partial charge in [-0.1, -0.05) is 0 Å². The van der Waals surface area contributed by atoms with Crippen LogP contribution in [0, 0.1) is 0 Å². The average molecular weight is 273 g/mol. The lowest BCUT2D eigenvalue weighted by Gasteiger charge is -2.33. The van der Waals surface area contributed by atoms with E-state index in [-0.39, 0.29) is 5.69 Å². The first-order valence-corrected chi connectivity index (χ1v) is 6.94. The Morgan fingerprint density at radius 2 is 2.12 bits per heavy atom. The van der Waals surface area contributed by atoms with Crippen molar-refractivity contribution in [1.29, 1.82) is 0 Å². The quantitative estimate of drug-likeness (QED) is 0.838. The lowest BCUT2D eigenvalue weighted by atomic mass is 9.92. The third-order valence-electron chi connectivity index (χ3n) is 2.70. The van der Waals surface area contributed by atoms with Crippen LogP contribution in [-0.2, 0) is 4.79 Å². The number of nitrogens with one attached hydrogen (secondary N) is 1. The van der Waals surface area contributed by atoms with Gasteiger partial charge in [-0.15, -0.1) is 0 Å². The van der Waals surface area contributed by atoms with E-state index in [9.17, 15) is 14.7 Å². The molecule has 1 aromatic rings. The highest BCUT2D eigenvalue weighted by Gasteiger charge is 2.41. The van der Waals surface area contributed by atoms with Crippen molar-refractivity contribution in [2.75, 3.05) is 11.5 Å². The molecule has 0 spiro atoms. The van der Waals surface area contributed by atoms with Crippen LogP contribution in [0.2, 0.25) is 0 Å². The van der Waals surface area contributed by atoms with Crippen LogP contribution in [0.15, 0.2) is 6.20 Å². The summed E-state index contributed by atoms with van der Waals surface area (Å²) in [5.41, 5.74) is -0.972. The summed E-state index contributed by atoms with van der Waals surface area (Å²) in [6.45, 7) is 0. The normalized spacial score (nSPS) is 18.6. The van der Waals surface area contributed by atoms with E-state index in [0.29, 0.717) is 12.8 Å². The minimum Gasteiger partial charge on any atom is -0.480 e. The van der Waals surface area contributed by atoms with Gasteiger partial charge in [0.2, 0.25) is 0 Å². The van der Waals surface area contributed by atoms with E-state index in [1.165, 1.54) is 6.20 Å². The van der Waals surface area contributed by atoms with Crippen LogP contribution in [0.1, 0.15) is 23.3 Å². The van der Waals surface area contributed by atoms with E-state index in [2.05, 4.69) is 14.1 Å². The molecule has 1 amide bonds. The van der Waals surface area contributed by atoms with Crippen molar-refractivity contribution in [3.63, 3.8) is 0 Å². The summed E-state index contributed by atoms with van der Waals surface area (Å²) in [6.07, 6.45) is 2.22. The van der Waals surface area contributed by atoms with Gasteiger partial charge in [0, 0.05) is 0 Å². The number of carboxylic acid groups (broad SMARTS) is 1. The summed E-state index contributed by atoms with van der Waals surface area (Å²) >= 11 is 2.62. The smallest absolute Gasteiger partial charge is 0.329 e. The monoisotopic (exact) mass is 273 g/mol. The SMILES string of the molecule is O=C(NC1(C(=O)O)CCSCC1)c1cnsn1. The van der Waals surface area contributed by atoms with Crippen molar-refractivity contribution in [3.8, 4) is 0 Å². The molecule has 1 aliphatic rings. The summed E-state index contributed by atoms with van der Waals surface area (Å²) in [5, 5.41) is 11.9. The number of amides is 1. The lowest BCUT2D eigenvalue weighted by molar-refractivity contribution is -0.144. The van der Waals surface area contributed by atoms with Crippen molar-refractivity contribution >= 4 is 35.4 Å². The second-order valence-electron chi connectivity index (χ2n) is 3.75. The van der Waals surface area contributed by atoms with E-state index in [1.54, 1.807) is 11.8 Å². The number of aromatic nitrogens is 2. The first-order valence-electron chi connectivity index (χ1n) is 5.05. The Morgan fingerprint density at radius 1 is 1.41 bits per heavy atom. The van der Waals surface area contributed by atoms with Gasteiger partial charge in [-0.25, -0.2) is 4.79 Å². The molecule has 1 aliphatic heterocycles. The summed E-state index contributed by atoms with van der Waals surface area (Å²) in [6, 6.07) is 0. The second-order valence-corrected chi connectivity index (χ2v) is 5.53. The highest BCUT2D eigenvalue weighted by molar-refractivity contribution is 7.99. The van der Waals surface area contributed by atoms with Crippen LogP contribution < -0.4 is 5.32 Å². The first kappa shape index (κ1) is 12.3. The fraction of sp³-hybridized carbons (Fsp3) is 0.556. The summed E-state index contributed by atoms with van der Waals surface area (Å²) < 4.78 is 7.51. The molecule has 0 radical (unpaired) electrons. The Bertz CT molecular complexity index is 415. The number of nitrogens with zero attached hydrogens (tertiary/aromatic N) is 2. The molecule has 17 heavy (non-hydrogen) atoms. The van der Waals surface area contributed by atoms with Crippen molar-refractivity contribution in [3.05, 3.63) is 11.9 Å². The van der Waals surface area contributed by atoms with Gasteiger partial charge in [-0.2, -0.15) is 20.5 Å². The van der Waals surface area contributed by atoms with Crippen LogP contribution >= 0.6 is 23.5 Å². The average Bonchev–Trinajstić information content (AvgIpc) is 2.83. The van der Waals surface area contributed by atoms with E-state index in [1.807, 2.05) is 0 Å². The Balaban J connectivity index is 2.13. The number of carboxylic acids is 1. The van der Waals surface area contributed by atoms with E-state index >= 15 is 0 Å². The number of carbonyl (C=O) groups excluding carboxylic acids is 1. The van der Waals surface area contributed by atoms with E-state index < -0.39 is 17.4 Å². The molecule has 0 atom stereocenters. The maximum Gasteiger partial charge on any atom is 0.329 e. The lowest BCUT2D eigenvalue weighted by Crippen LogP contribution is -2.56. The van der Waals surface area contributed by atoms with Crippen LogP contribution in [-0.4, -0.2) is 42.8 Å². The molecule has 8 heteroatoms. The summed E-state index contributed by atoms with van der Waals surface area (Å²) in [4.78, 5) is 23.1. The zero-order valence-electron chi connectivity index (χ0n) is 8.88. The van der Waals surface area contributed by atoms with Gasteiger partial charge in [0.05, 0.1) is 17.9 Å². The number of rotatable bonds is 3.